The molecule has 2 saturated carbocycles. The molecule has 0 spiro atoms. The van der Waals surface area contributed by atoms with E-state index in [1.54, 1.807) is 0 Å². The Morgan fingerprint density at radius 3 is 2.53 bits per heavy atom. The minimum atomic E-state index is 0.249. The van der Waals surface area contributed by atoms with Crippen LogP contribution in [0.15, 0.2) is 0 Å². The van der Waals surface area contributed by atoms with Gasteiger partial charge >= 0.3 is 0 Å². The number of nitrogens with two attached hydrogens (primary N) is 1. The van der Waals surface area contributed by atoms with E-state index in [4.69, 9.17) is 5.73 Å². The fraction of sp³-hybridized carbons (Fsp3) is 0.917. The molecule has 2 atom stereocenters. The van der Waals surface area contributed by atoms with Crippen LogP contribution in [0.4, 0.5) is 0 Å². The fourth-order valence-electron chi connectivity index (χ4n) is 2.60. The van der Waals surface area contributed by atoms with Crippen LogP contribution in [-0.4, -0.2) is 18.0 Å². The molecule has 2 fully saturated rings. The maximum absolute atomic E-state index is 11.7. The molecular formula is C12H22N2O. The third-order valence-corrected chi connectivity index (χ3v) is 3.78. The van der Waals surface area contributed by atoms with Crippen molar-refractivity contribution >= 4 is 5.91 Å². The van der Waals surface area contributed by atoms with Crippen molar-refractivity contribution in [1.82, 2.24) is 5.32 Å². The van der Waals surface area contributed by atoms with Crippen LogP contribution in [0.3, 0.4) is 0 Å². The molecule has 0 aromatic heterocycles. The van der Waals surface area contributed by atoms with E-state index in [1.807, 2.05) is 0 Å². The number of hydrogen-bond acceptors (Lipinski definition) is 2. The van der Waals surface area contributed by atoms with Gasteiger partial charge in [-0.2, -0.15) is 0 Å². The zero-order chi connectivity index (χ0) is 10.7. The van der Waals surface area contributed by atoms with Crippen LogP contribution in [0.25, 0.3) is 0 Å². The van der Waals surface area contributed by atoms with Crippen molar-refractivity contribution < 1.29 is 4.79 Å². The van der Waals surface area contributed by atoms with Crippen LogP contribution >= 0.6 is 0 Å². The van der Waals surface area contributed by atoms with Gasteiger partial charge in [0.25, 0.3) is 0 Å². The van der Waals surface area contributed by atoms with E-state index in [2.05, 4.69) is 5.32 Å². The van der Waals surface area contributed by atoms with Gasteiger partial charge in [0.05, 0.1) is 0 Å². The second-order valence-electron chi connectivity index (χ2n) is 5.19. The van der Waals surface area contributed by atoms with E-state index in [0.717, 1.165) is 32.1 Å². The highest BCUT2D eigenvalue weighted by molar-refractivity contribution is 5.76. The zero-order valence-electron chi connectivity index (χ0n) is 9.37. The largest absolute Gasteiger partial charge is 0.353 e. The van der Waals surface area contributed by atoms with Gasteiger partial charge in [0, 0.05) is 18.5 Å². The van der Waals surface area contributed by atoms with Gasteiger partial charge < -0.3 is 11.1 Å². The predicted octanol–water partition coefficient (Wildman–Crippen LogP) is 1.56. The first-order chi connectivity index (χ1) is 7.24. The van der Waals surface area contributed by atoms with E-state index < -0.39 is 0 Å². The summed E-state index contributed by atoms with van der Waals surface area (Å²) in [4.78, 5) is 11.7. The smallest absolute Gasteiger partial charge is 0.220 e. The fourth-order valence-corrected chi connectivity index (χ4v) is 2.60. The van der Waals surface area contributed by atoms with Crippen LogP contribution in [0.1, 0.15) is 51.4 Å². The third kappa shape index (κ3) is 3.20. The summed E-state index contributed by atoms with van der Waals surface area (Å²) in [6, 6.07) is 0.647. The van der Waals surface area contributed by atoms with Gasteiger partial charge in [0.15, 0.2) is 0 Å². The van der Waals surface area contributed by atoms with Crippen molar-refractivity contribution in [2.24, 2.45) is 11.7 Å². The summed E-state index contributed by atoms with van der Waals surface area (Å²) >= 11 is 0. The number of nitrogens with one attached hydrogen (secondary N) is 1. The SMILES string of the molecule is NC1CCCC(NC(=O)CC2CCC2)C1. The first kappa shape index (κ1) is 10.9. The molecule has 0 bridgehead atoms. The predicted molar refractivity (Wildman–Crippen MR) is 60.3 cm³/mol. The van der Waals surface area contributed by atoms with Crippen molar-refractivity contribution in [1.29, 1.82) is 0 Å². The monoisotopic (exact) mass is 210 g/mol. The first-order valence-corrected chi connectivity index (χ1v) is 6.29. The van der Waals surface area contributed by atoms with Gasteiger partial charge in [-0.25, -0.2) is 0 Å². The van der Waals surface area contributed by atoms with Gasteiger partial charge in [-0.1, -0.05) is 6.42 Å². The average Bonchev–Trinajstić information content (AvgIpc) is 2.11. The molecule has 0 aromatic carbocycles. The molecule has 2 aliphatic rings. The third-order valence-electron chi connectivity index (χ3n) is 3.78. The maximum Gasteiger partial charge on any atom is 0.220 e. The Balaban J connectivity index is 1.68. The van der Waals surface area contributed by atoms with E-state index in [1.165, 1.54) is 19.3 Å². The molecule has 2 unspecified atom stereocenters. The topological polar surface area (TPSA) is 55.1 Å². The molecular weight excluding hydrogens is 188 g/mol. The normalized spacial score (nSPS) is 32.1. The lowest BCUT2D eigenvalue weighted by atomic mass is 9.82. The van der Waals surface area contributed by atoms with E-state index in [9.17, 15) is 4.79 Å². The minimum absolute atomic E-state index is 0.249. The quantitative estimate of drug-likeness (QED) is 0.742. The first-order valence-electron chi connectivity index (χ1n) is 6.29. The summed E-state index contributed by atoms with van der Waals surface area (Å²) < 4.78 is 0. The van der Waals surface area contributed by atoms with Crippen LogP contribution < -0.4 is 11.1 Å². The Hall–Kier alpha value is -0.570. The molecule has 2 rings (SSSR count). The van der Waals surface area contributed by atoms with Crippen molar-refractivity contribution in [3.05, 3.63) is 0 Å². The molecule has 0 aliphatic heterocycles. The Kier molecular flexibility index (Phi) is 3.62. The Morgan fingerprint density at radius 1 is 1.20 bits per heavy atom. The number of hydrogen-bond donors (Lipinski definition) is 2. The van der Waals surface area contributed by atoms with Gasteiger partial charge in [0.1, 0.15) is 0 Å². The highest BCUT2D eigenvalue weighted by atomic mass is 16.1. The molecule has 2 aliphatic carbocycles. The standard InChI is InChI=1S/C12H22N2O/c13-10-5-2-6-11(8-10)14-12(15)7-9-3-1-4-9/h9-11H,1-8,13H2,(H,14,15). The molecule has 0 radical (unpaired) electrons. The van der Waals surface area contributed by atoms with E-state index >= 15 is 0 Å². The number of carbonyl (C=O) groups excluding carboxylic acids is 1. The lowest BCUT2D eigenvalue weighted by molar-refractivity contribution is -0.123. The molecule has 15 heavy (non-hydrogen) atoms. The van der Waals surface area contributed by atoms with Gasteiger partial charge in [0.2, 0.25) is 5.91 Å². The Morgan fingerprint density at radius 2 is 1.93 bits per heavy atom. The van der Waals surface area contributed by atoms with Crippen LogP contribution in [0.2, 0.25) is 0 Å². The Labute approximate surface area is 91.8 Å². The highest BCUT2D eigenvalue weighted by Crippen LogP contribution is 2.29. The molecule has 0 aromatic rings. The average molecular weight is 210 g/mol. The van der Waals surface area contributed by atoms with Crippen molar-refractivity contribution in [2.45, 2.75) is 63.5 Å². The molecule has 3 N–H and O–H groups in total. The Bertz CT molecular complexity index is 226. The number of carbonyl (C=O) groups is 1. The summed E-state index contributed by atoms with van der Waals surface area (Å²) in [5, 5.41) is 3.13. The summed E-state index contributed by atoms with van der Waals surface area (Å²) in [6.45, 7) is 0. The van der Waals surface area contributed by atoms with Gasteiger partial charge in [-0.05, 0) is 44.4 Å². The second kappa shape index (κ2) is 4.97. The second-order valence-corrected chi connectivity index (χ2v) is 5.19. The zero-order valence-corrected chi connectivity index (χ0v) is 9.37. The maximum atomic E-state index is 11.7. The summed E-state index contributed by atoms with van der Waals surface area (Å²) in [5.74, 6) is 0.918. The van der Waals surface area contributed by atoms with Crippen LogP contribution in [0.5, 0.6) is 0 Å². The molecule has 3 heteroatoms. The highest BCUT2D eigenvalue weighted by Gasteiger charge is 2.24. The summed E-state index contributed by atoms with van der Waals surface area (Å²) in [5.41, 5.74) is 5.89. The summed E-state index contributed by atoms with van der Waals surface area (Å²) in [7, 11) is 0. The minimum Gasteiger partial charge on any atom is -0.353 e. The van der Waals surface area contributed by atoms with Crippen molar-refractivity contribution in [2.75, 3.05) is 0 Å². The van der Waals surface area contributed by atoms with E-state index in [0.29, 0.717) is 18.0 Å². The number of amides is 1. The van der Waals surface area contributed by atoms with Crippen molar-refractivity contribution in [3.63, 3.8) is 0 Å². The molecule has 1 amide bonds. The van der Waals surface area contributed by atoms with Gasteiger partial charge in [-0.3, -0.25) is 4.79 Å². The summed E-state index contributed by atoms with van der Waals surface area (Å²) in [6.07, 6.45) is 8.91. The van der Waals surface area contributed by atoms with Gasteiger partial charge in [-0.15, -0.1) is 0 Å². The molecule has 0 saturated heterocycles. The number of rotatable bonds is 3. The van der Waals surface area contributed by atoms with E-state index in [-0.39, 0.29) is 5.91 Å². The van der Waals surface area contributed by atoms with Crippen molar-refractivity contribution in [3.8, 4) is 0 Å². The molecule has 3 nitrogen and oxygen atoms in total. The van der Waals surface area contributed by atoms with Crippen LogP contribution in [0, 0.1) is 5.92 Å². The lowest BCUT2D eigenvalue weighted by Crippen LogP contribution is -2.42. The lowest BCUT2D eigenvalue weighted by Gasteiger charge is -2.29. The molecule has 86 valence electrons. The molecule has 0 heterocycles. The van der Waals surface area contributed by atoms with Crippen LogP contribution in [-0.2, 0) is 4.79 Å².